The molecule has 0 aliphatic rings. The minimum absolute atomic E-state index is 0.127. The molecule has 60 valence electrons. The maximum Gasteiger partial charge on any atom is 0.203 e. The highest BCUT2D eigenvalue weighted by Crippen LogP contribution is 1.99. The number of aliphatic hydroxyl groups is 1. The monoisotopic (exact) mass is 146 g/mol. The Morgan fingerprint density at radius 1 is 1.70 bits per heavy atom. The maximum absolute atomic E-state index is 9.13. The van der Waals surface area contributed by atoms with E-state index < -0.39 is 5.60 Å². The van der Waals surface area contributed by atoms with Gasteiger partial charge in [0.15, 0.2) is 0 Å². The highest BCUT2D eigenvalue weighted by Gasteiger charge is 2.10. The summed E-state index contributed by atoms with van der Waals surface area (Å²) in [4.78, 5) is 3.72. The molecule has 10 heavy (non-hydrogen) atoms. The van der Waals surface area contributed by atoms with Gasteiger partial charge in [0.2, 0.25) is 5.96 Å². The van der Waals surface area contributed by atoms with E-state index in [-0.39, 0.29) is 12.5 Å². The fourth-order valence-corrected chi connectivity index (χ4v) is 0.324. The fourth-order valence-electron chi connectivity index (χ4n) is 0.324. The molecule has 0 fully saturated rings. The Morgan fingerprint density at radius 2 is 2.20 bits per heavy atom. The van der Waals surface area contributed by atoms with Crippen molar-refractivity contribution in [1.82, 2.24) is 5.43 Å². The molecule has 0 aromatic carbocycles. The van der Waals surface area contributed by atoms with Crippen LogP contribution in [0, 0.1) is 0 Å². The number of hydrazine groups is 1. The van der Waals surface area contributed by atoms with Crippen molar-refractivity contribution >= 4 is 5.96 Å². The van der Waals surface area contributed by atoms with Crippen molar-refractivity contribution in [3.05, 3.63) is 0 Å². The van der Waals surface area contributed by atoms with Crippen molar-refractivity contribution < 1.29 is 5.11 Å². The predicted molar refractivity (Wildman–Crippen MR) is 40.1 cm³/mol. The molecule has 5 heteroatoms. The van der Waals surface area contributed by atoms with Crippen LogP contribution in [0.1, 0.15) is 13.8 Å². The Bertz CT molecular complexity index is 126. The van der Waals surface area contributed by atoms with Gasteiger partial charge in [0.1, 0.15) is 0 Å². The number of hydrogen-bond donors (Lipinski definition) is 4. The smallest absolute Gasteiger partial charge is 0.203 e. The molecule has 0 heterocycles. The Labute approximate surface area is 60.1 Å². The third-order valence-corrected chi connectivity index (χ3v) is 0.784. The molecule has 0 bridgehead atoms. The molecule has 0 rings (SSSR count). The van der Waals surface area contributed by atoms with Gasteiger partial charge in [0.05, 0.1) is 12.1 Å². The van der Waals surface area contributed by atoms with E-state index in [1.165, 1.54) is 0 Å². The highest BCUT2D eigenvalue weighted by atomic mass is 16.3. The van der Waals surface area contributed by atoms with Crippen LogP contribution < -0.4 is 17.0 Å². The summed E-state index contributed by atoms with van der Waals surface area (Å²) in [6.07, 6.45) is 0. The minimum atomic E-state index is -0.832. The van der Waals surface area contributed by atoms with Gasteiger partial charge in [-0.05, 0) is 13.8 Å². The van der Waals surface area contributed by atoms with Gasteiger partial charge in [-0.3, -0.25) is 5.43 Å². The largest absolute Gasteiger partial charge is 0.389 e. The summed E-state index contributed by atoms with van der Waals surface area (Å²) in [6, 6.07) is 0. The second kappa shape index (κ2) is 3.38. The Morgan fingerprint density at radius 3 is 2.50 bits per heavy atom. The Balaban J connectivity index is 3.73. The van der Waals surface area contributed by atoms with Crippen LogP contribution in [0.4, 0.5) is 0 Å². The molecular formula is C5H14N4O. The van der Waals surface area contributed by atoms with Gasteiger partial charge in [-0.2, -0.15) is 0 Å². The molecular weight excluding hydrogens is 132 g/mol. The molecule has 0 saturated heterocycles. The molecule has 0 unspecified atom stereocenters. The summed E-state index contributed by atoms with van der Waals surface area (Å²) < 4.78 is 0. The molecule has 0 aromatic heterocycles. The number of aliphatic imine (C=N–C) groups is 1. The highest BCUT2D eigenvalue weighted by molar-refractivity contribution is 5.77. The second-order valence-electron chi connectivity index (χ2n) is 2.66. The standard InChI is InChI=1S/C5H14N4O/c1-5(2,10)3-8-4(6)9-7/h10H,3,7H2,1-2H3,(H3,6,8,9). The normalized spacial score (nSPS) is 13.4. The van der Waals surface area contributed by atoms with Crippen LogP contribution in [0.15, 0.2) is 4.99 Å². The number of hydrogen-bond acceptors (Lipinski definition) is 3. The van der Waals surface area contributed by atoms with E-state index in [1.54, 1.807) is 13.8 Å². The van der Waals surface area contributed by atoms with E-state index in [9.17, 15) is 0 Å². The van der Waals surface area contributed by atoms with E-state index in [0.29, 0.717) is 0 Å². The van der Waals surface area contributed by atoms with Gasteiger partial charge in [0, 0.05) is 0 Å². The van der Waals surface area contributed by atoms with Crippen LogP contribution in [-0.4, -0.2) is 23.2 Å². The fraction of sp³-hybridized carbons (Fsp3) is 0.800. The lowest BCUT2D eigenvalue weighted by molar-refractivity contribution is 0.0903. The lowest BCUT2D eigenvalue weighted by atomic mass is 10.1. The molecule has 0 aliphatic heterocycles. The summed E-state index contributed by atoms with van der Waals surface area (Å²) in [5.41, 5.74) is 6.51. The van der Waals surface area contributed by atoms with Crippen LogP contribution in [0.3, 0.4) is 0 Å². The third kappa shape index (κ3) is 5.33. The van der Waals surface area contributed by atoms with Crippen molar-refractivity contribution in [2.45, 2.75) is 19.4 Å². The van der Waals surface area contributed by atoms with Gasteiger partial charge in [-0.1, -0.05) is 0 Å². The number of nitrogens with two attached hydrogens (primary N) is 2. The van der Waals surface area contributed by atoms with Crippen molar-refractivity contribution in [3.63, 3.8) is 0 Å². The topological polar surface area (TPSA) is 96.7 Å². The molecule has 0 aromatic rings. The van der Waals surface area contributed by atoms with E-state index in [0.717, 1.165) is 0 Å². The summed E-state index contributed by atoms with van der Waals surface area (Å²) in [5.74, 6) is 5.04. The van der Waals surface area contributed by atoms with Gasteiger partial charge in [-0.15, -0.1) is 0 Å². The van der Waals surface area contributed by atoms with Gasteiger partial charge in [0.25, 0.3) is 0 Å². The molecule has 0 aliphatic carbocycles. The zero-order chi connectivity index (χ0) is 8.20. The van der Waals surface area contributed by atoms with Crippen molar-refractivity contribution in [1.29, 1.82) is 0 Å². The van der Waals surface area contributed by atoms with Crippen LogP contribution in [-0.2, 0) is 0 Å². The summed E-state index contributed by atoms with van der Waals surface area (Å²) in [6.45, 7) is 3.52. The Kier molecular flexibility index (Phi) is 3.11. The molecule has 0 radical (unpaired) electrons. The van der Waals surface area contributed by atoms with E-state index in [2.05, 4.69) is 10.4 Å². The van der Waals surface area contributed by atoms with Crippen LogP contribution >= 0.6 is 0 Å². The van der Waals surface area contributed by atoms with E-state index in [4.69, 9.17) is 16.7 Å². The molecule has 0 atom stereocenters. The number of guanidine groups is 1. The first-order valence-electron chi connectivity index (χ1n) is 2.94. The van der Waals surface area contributed by atoms with Crippen LogP contribution in [0.2, 0.25) is 0 Å². The van der Waals surface area contributed by atoms with Crippen LogP contribution in [0.25, 0.3) is 0 Å². The number of nitrogens with zero attached hydrogens (tertiary/aromatic N) is 1. The predicted octanol–water partition coefficient (Wildman–Crippen LogP) is -1.46. The van der Waals surface area contributed by atoms with Crippen molar-refractivity contribution in [2.75, 3.05) is 6.54 Å². The summed E-state index contributed by atoms with van der Waals surface area (Å²) in [7, 11) is 0. The third-order valence-electron chi connectivity index (χ3n) is 0.784. The summed E-state index contributed by atoms with van der Waals surface area (Å²) >= 11 is 0. The minimum Gasteiger partial charge on any atom is -0.389 e. The van der Waals surface area contributed by atoms with Crippen molar-refractivity contribution in [2.24, 2.45) is 16.6 Å². The quantitative estimate of drug-likeness (QED) is 0.165. The molecule has 0 spiro atoms. The lowest BCUT2D eigenvalue weighted by Gasteiger charge is -2.13. The van der Waals surface area contributed by atoms with Crippen LogP contribution in [0.5, 0.6) is 0 Å². The first-order chi connectivity index (χ1) is 4.45. The first-order valence-corrected chi connectivity index (χ1v) is 2.94. The molecule has 5 nitrogen and oxygen atoms in total. The average molecular weight is 146 g/mol. The molecule has 0 saturated carbocycles. The first kappa shape index (κ1) is 9.19. The average Bonchev–Trinajstić information content (AvgIpc) is 1.81. The summed E-state index contributed by atoms with van der Waals surface area (Å²) in [5, 5.41) is 9.13. The maximum atomic E-state index is 9.13. The van der Waals surface area contributed by atoms with Gasteiger partial charge >= 0.3 is 0 Å². The zero-order valence-corrected chi connectivity index (χ0v) is 6.26. The molecule has 6 N–H and O–H groups in total. The number of rotatable bonds is 2. The van der Waals surface area contributed by atoms with Crippen molar-refractivity contribution in [3.8, 4) is 0 Å². The SMILES string of the molecule is CC(C)(O)CN=C(N)NN. The second-order valence-corrected chi connectivity index (χ2v) is 2.66. The van der Waals surface area contributed by atoms with E-state index >= 15 is 0 Å². The zero-order valence-electron chi connectivity index (χ0n) is 6.26. The molecule has 0 amide bonds. The van der Waals surface area contributed by atoms with Gasteiger partial charge in [-0.25, -0.2) is 10.8 Å². The number of nitrogens with one attached hydrogen (secondary N) is 1. The lowest BCUT2D eigenvalue weighted by Crippen LogP contribution is -2.38. The van der Waals surface area contributed by atoms with Gasteiger partial charge < -0.3 is 10.8 Å². The van der Waals surface area contributed by atoms with E-state index in [1.807, 2.05) is 0 Å². The Hall–Kier alpha value is -0.810.